The fourth-order valence-electron chi connectivity index (χ4n) is 1.80. The molecule has 0 amide bonds. The van der Waals surface area contributed by atoms with E-state index < -0.39 is 0 Å². The molecule has 0 aliphatic rings. The number of hydrogen-bond donors (Lipinski definition) is 0. The van der Waals surface area contributed by atoms with E-state index in [0.29, 0.717) is 0 Å². The summed E-state index contributed by atoms with van der Waals surface area (Å²) in [4.78, 5) is 0. The zero-order chi connectivity index (χ0) is 12.1. The lowest BCUT2D eigenvalue weighted by Gasteiger charge is -2.09. The Morgan fingerprint density at radius 3 is 2.06 bits per heavy atom. The van der Waals surface area contributed by atoms with Crippen LogP contribution in [0.2, 0.25) is 0 Å². The first-order valence-corrected chi connectivity index (χ1v) is 6.96. The molecule has 16 heavy (non-hydrogen) atoms. The van der Waals surface area contributed by atoms with E-state index in [1.54, 1.807) is 0 Å². The van der Waals surface area contributed by atoms with Gasteiger partial charge in [-0.2, -0.15) is 0 Å². The van der Waals surface area contributed by atoms with Crippen LogP contribution in [0.25, 0.3) is 0 Å². The zero-order valence-electron chi connectivity index (χ0n) is 11.5. The largest absolute Gasteiger partial charge is 0.379 e. The van der Waals surface area contributed by atoms with Crippen molar-refractivity contribution in [1.82, 2.24) is 0 Å². The van der Waals surface area contributed by atoms with E-state index in [1.807, 2.05) is 0 Å². The summed E-state index contributed by atoms with van der Waals surface area (Å²) < 4.78 is 10.8. The lowest BCUT2D eigenvalue weighted by atomic mass is 9.99. The summed E-state index contributed by atoms with van der Waals surface area (Å²) in [6, 6.07) is 0. The van der Waals surface area contributed by atoms with E-state index in [0.717, 1.165) is 38.8 Å². The highest BCUT2D eigenvalue weighted by Gasteiger charge is 1.99. The molecule has 0 saturated carbocycles. The summed E-state index contributed by atoms with van der Waals surface area (Å²) in [7, 11) is 0. The van der Waals surface area contributed by atoms with Crippen LogP contribution in [-0.2, 0) is 9.47 Å². The molecule has 1 unspecified atom stereocenters. The van der Waals surface area contributed by atoms with Crippen molar-refractivity contribution in [3.05, 3.63) is 0 Å². The van der Waals surface area contributed by atoms with E-state index in [4.69, 9.17) is 9.47 Å². The molecule has 98 valence electrons. The minimum absolute atomic E-state index is 0.750. The zero-order valence-corrected chi connectivity index (χ0v) is 11.5. The van der Waals surface area contributed by atoms with Crippen molar-refractivity contribution in [1.29, 1.82) is 0 Å². The lowest BCUT2D eigenvalue weighted by Crippen LogP contribution is -2.06. The maximum atomic E-state index is 5.50. The van der Waals surface area contributed by atoms with Crippen LogP contribution >= 0.6 is 0 Å². The van der Waals surface area contributed by atoms with Crippen LogP contribution in [0.1, 0.15) is 59.3 Å². The summed E-state index contributed by atoms with van der Waals surface area (Å²) in [5, 5.41) is 0. The molecule has 0 aliphatic carbocycles. The Labute approximate surface area is 102 Å². The second kappa shape index (κ2) is 13.0. The van der Waals surface area contributed by atoms with Gasteiger partial charge in [-0.1, -0.05) is 46.5 Å². The van der Waals surface area contributed by atoms with Gasteiger partial charge in [-0.3, -0.25) is 0 Å². The predicted molar refractivity (Wildman–Crippen MR) is 69.9 cm³/mol. The second-order valence-electron chi connectivity index (χ2n) is 4.61. The third kappa shape index (κ3) is 12.0. The Balaban J connectivity index is 2.98. The topological polar surface area (TPSA) is 18.5 Å². The summed E-state index contributed by atoms with van der Waals surface area (Å²) in [5.41, 5.74) is 0. The summed E-state index contributed by atoms with van der Waals surface area (Å²) in [6.07, 6.45) is 7.62. The Morgan fingerprint density at radius 1 is 0.750 bits per heavy atom. The minimum Gasteiger partial charge on any atom is -0.379 e. The SMILES string of the molecule is CCCOCCOCCCCC(C)CCC. The molecule has 0 aromatic rings. The Hall–Kier alpha value is -0.0800. The number of rotatable bonds is 12. The average molecular weight is 230 g/mol. The first-order chi connectivity index (χ1) is 7.81. The monoisotopic (exact) mass is 230 g/mol. The van der Waals surface area contributed by atoms with Crippen LogP contribution in [0.5, 0.6) is 0 Å². The lowest BCUT2D eigenvalue weighted by molar-refractivity contribution is 0.0463. The fraction of sp³-hybridized carbons (Fsp3) is 1.00. The van der Waals surface area contributed by atoms with Crippen LogP contribution in [0.3, 0.4) is 0 Å². The maximum absolute atomic E-state index is 5.50. The normalized spacial score (nSPS) is 12.9. The van der Waals surface area contributed by atoms with E-state index >= 15 is 0 Å². The molecule has 0 heterocycles. The average Bonchev–Trinajstić information content (AvgIpc) is 2.27. The molecule has 0 spiro atoms. The predicted octanol–water partition coefficient (Wildman–Crippen LogP) is 4.04. The second-order valence-corrected chi connectivity index (χ2v) is 4.61. The van der Waals surface area contributed by atoms with E-state index in [-0.39, 0.29) is 0 Å². The molecule has 0 aromatic carbocycles. The standard InChI is InChI=1S/C14H30O2/c1-4-8-14(3)9-6-7-11-16-13-12-15-10-5-2/h14H,4-13H2,1-3H3. The Morgan fingerprint density at radius 2 is 1.44 bits per heavy atom. The highest BCUT2D eigenvalue weighted by molar-refractivity contribution is 4.52. The summed E-state index contributed by atoms with van der Waals surface area (Å²) in [5.74, 6) is 0.887. The molecule has 0 aromatic heterocycles. The molecule has 0 rings (SSSR count). The molecular weight excluding hydrogens is 200 g/mol. The van der Waals surface area contributed by atoms with Gasteiger partial charge in [0.2, 0.25) is 0 Å². The first kappa shape index (κ1) is 15.9. The molecule has 1 atom stereocenters. The van der Waals surface area contributed by atoms with Gasteiger partial charge < -0.3 is 9.47 Å². The molecule has 0 N–H and O–H groups in total. The van der Waals surface area contributed by atoms with Gasteiger partial charge in [0, 0.05) is 13.2 Å². The Kier molecular flexibility index (Phi) is 12.9. The van der Waals surface area contributed by atoms with Crippen LogP contribution in [0.15, 0.2) is 0 Å². The van der Waals surface area contributed by atoms with Crippen molar-refractivity contribution in [2.75, 3.05) is 26.4 Å². The molecule has 2 heteroatoms. The van der Waals surface area contributed by atoms with Crippen LogP contribution < -0.4 is 0 Å². The molecule has 0 saturated heterocycles. The highest BCUT2D eigenvalue weighted by Crippen LogP contribution is 2.13. The van der Waals surface area contributed by atoms with E-state index in [2.05, 4.69) is 20.8 Å². The van der Waals surface area contributed by atoms with Gasteiger partial charge in [0.15, 0.2) is 0 Å². The first-order valence-electron chi connectivity index (χ1n) is 6.96. The molecule has 2 nitrogen and oxygen atoms in total. The van der Waals surface area contributed by atoms with Crippen molar-refractivity contribution in [3.63, 3.8) is 0 Å². The van der Waals surface area contributed by atoms with Crippen molar-refractivity contribution in [3.8, 4) is 0 Å². The summed E-state index contributed by atoms with van der Waals surface area (Å²) in [6.45, 7) is 9.99. The Bertz CT molecular complexity index is 126. The van der Waals surface area contributed by atoms with Gasteiger partial charge in [0.05, 0.1) is 13.2 Å². The van der Waals surface area contributed by atoms with Gasteiger partial charge in [0.1, 0.15) is 0 Å². The molecular formula is C14H30O2. The smallest absolute Gasteiger partial charge is 0.0700 e. The van der Waals surface area contributed by atoms with Crippen LogP contribution in [0, 0.1) is 5.92 Å². The maximum Gasteiger partial charge on any atom is 0.0700 e. The quantitative estimate of drug-likeness (QED) is 0.471. The third-order valence-electron chi connectivity index (χ3n) is 2.74. The third-order valence-corrected chi connectivity index (χ3v) is 2.74. The molecule has 0 fully saturated rings. The molecule has 0 radical (unpaired) electrons. The van der Waals surface area contributed by atoms with Gasteiger partial charge in [0.25, 0.3) is 0 Å². The number of hydrogen-bond acceptors (Lipinski definition) is 2. The van der Waals surface area contributed by atoms with Crippen LogP contribution in [0.4, 0.5) is 0 Å². The van der Waals surface area contributed by atoms with E-state index in [1.165, 1.54) is 32.1 Å². The fourth-order valence-corrected chi connectivity index (χ4v) is 1.80. The van der Waals surface area contributed by atoms with Crippen molar-refractivity contribution in [2.45, 2.75) is 59.3 Å². The molecule has 0 bridgehead atoms. The number of ether oxygens (including phenoxy) is 2. The van der Waals surface area contributed by atoms with Crippen molar-refractivity contribution >= 4 is 0 Å². The highest BCUT2D eigenvalue weighted by atomic mass is 16.5. The van der Waals surface area contributed by atoms with Crippen LogP contribution in [-0.4, -0.2) is 26.4 Å². The number of unbranched alkanes of at least 4 members (excludes halogenated alkanes) is 1. The van der Waals surface area contributed by atoms with Gasteiger partial charge in [-0.05, 0) is 18.8 Å². The summed E-state index contributed by atoms with van der Waals surface area (Å²) >= 11 is 0. The van der Waals surface area contributed by atoms with Gasteiger partial charge in [-0.25, -0.2) is 0 Å². The molecule has 0 aliphatic heterocycles. The van der Waals surface area contributed by atoms with Gasteiger partial charge >= 0.3 is 0 Å². The van der Waals surface area contributed by atoms with Crippen molar-refractivity contribution < 1.29 is 9.47 Å². The minimum atomic E-state index is 0.750. The van der Waals surface area contributed by atoms with E-state index in [9.17, 15) is 0 Å². The van der Waals surface area contributed by atoms with Crippen molar-refractivity contribution in [2.24, 2.45) is 5.92 Å². The van der Waals surface area contributed by atoms with Gasteiger partial charge in [-0.15, -0.1) is 0 Å².